The molecule has 0 unspecified atom stereocenters. The van der Waals surface area contributed by atoms with Crippen LogP contribution >= 0.6 is 11.8 Å². The lowest BCUT2D eigenvalue weighted by Crippen LogP contribution is -2.14. The zero-order valence-electron chi connectivity index (χ0n) is 12.5. The number of carbonyl (C=O) groups excluding carboxylic acids is 1. The van der Waals surface area contributed by atoms with Gasteiger partial charge in [0.05, 0.1) is 16.4 Å². The predicted molar refractivity (Wildman–Crippen MR) is 90.7 cm³/mol. The highest BCUT2D eigenvalue weighted by Crippen LogP contribution is 2.24. The molecule has 0 atom stereocenters. The SMILES string of the molecule is Cc1ccc(NC(=O)CSCc2ccc([N+](=O)[O-])cc2)c(O)c1. The lowest BCUT2D eigenvalue weighted by molar-refractivity contribution is -0.384. The number of benzene rings is 2. The van der Waals surface area contributed by atoms with Crippen LogP contribution in [0.4, 0.5) is 11.4 Å². The van der Waals surface area contributed by atoms with Gasteiger partial charge in [-0.15, -0.1) is 11.8 Å². The molecule has 0 bridgehead atoms. The molecule has 7 heteroatoms. The molecule has 0 saturated carbocycles. The van der Waals surface area contributed by atoms with Crippen LogP contribution in [0, 0.1) is 17.0 Å². The Balaban J connectivity index is 1.81. The summed E-state index contributed by atoms with van der Waals surface area (Å²) in [5.41, 5.74) is 2.25. The maximum absolute atomic E-state index is 11.9. The van der Waals surface area contributed by atoms with Crippen LogP contribution in [0.5, 0.6) is 5.75 Å². The number of nitro benzene ring substituents is 1. The minimum atomic E-state index is -0.446. The van der Waals surface area contributed by atoms with Gasteiger partial charge in [0.25, 0.3) is 5.69 Å². The average Bonchev–Trinajstić information content (AvgIpc) is 2.50. The number of non-ortho nitro benzene ring substituents is 1. The molecule has 0 aromatic heterocycles. The topological polar surface area (TPSA) is 92.5 Å². The Kier molecular flexibility index (Phi) is 5.59. The van der Waals surface area contributed by atoms with Crippen LogP contribution in [0.15, 0.2) is 42.5 Å². The fourth-order valence-electron chi connectivity index (χ4n) is 1.91. The van der Waals surface area contributed by atoms with Gasteiger partial charge in [0.15, 0.2) is 0 Å². The van der Waals surface area contributed by atoms with Crippen molar-refractivity contribution in [3.63, 3.8) is 0 Å². The van der Waals surface area contributed by atoms with Crippen molar-refractivity contribution in [1.29, 1.82) is 0 Å². The van der Waals surface area contributed by atoms with Crippen molar-refractivity contribution in [2.45, 2.75) is 12.7 Å². The number of anilines is 1. The average molecular weight is 332 g/mol. The Labute approximate surface area is 137 Å². The van der Waals surface area contributed by atoms with E-state index in [1.165, 1.54) is 23.9 Å². The maximum atomic E-state index is 11.9. The first kappa shape index (κ1) is 16.8. The van der Waals surface area contributed by atoms with Gasteiger partial charge < -0.3 is 10.4 Å². The van der Waals surface area contributed by atoms with Crippen LogP contribution in [0.1, 0.15) is 11.1 Å². The second-order valence-corrected chi connectivity index (χ2v) is 5.97. The van der Waals surface area contributed by atoms with Gasteiger partial charge in [-0.05, 0) is 30.2 Å². The quantitative estimate of drug-likeness (QED) is 0.480. The molecule has 0 heterocycles. The predicted octanol–water partition coefficient (Wildman–Crippen LogP) is 3.48. The fourth-order valence-corrected chi connectivity index (χ4v) is 2.70. The first-order valence-corrected chi connectivity index (χ1v) is 8.02. The summed E-state index contributed by atoms with van der Waals surface area (Å²) < 4.78 is 0. The van der Waals surface area contributed by atoms with E-state index in [1.54, 1.807) is 30.3 Å². The monoisotopic (exact) mass is 332 g/mol. The van der Waals surface area contributed by atoms with Crippen LogP contribution in [0.25, 0.3) is 0 Å². The van der Waals surface area contributed by atoms with Crippen molar-refractivity contribution in [2.24, 2.45) is 0 Å². The van der Waals surface area contributed by atoms with Crippen molar-refractivity contribution in [2.75, 3.05) is 11.1 Å². The van der Waals surface area contributed by atoms with Gasteiger partial charge in [0.2, 0.25) is 5.91 Å². The van der Waals surface area contributed by atoms with Crippen molar-refractivity contribution < 1.29 is 14.8 Å². The zero-order valence-corrected chi connectivity index (χ0v) is 13.3. The van der Waals surface area contributed by atoms with Gasteiger partial charge in [-0.25, -0.2) is 0 Å². The van der Waals surface area contributed by atoms with Gasteiger partial charge in [0, 0.05) is 17.9 Å². The van der Waals surface area contributed by atoms with E-state index in [1.807, 2.05) is 6.92 Å². The third-order valence-electron chi connectivity index (χ3n) is 3.08. The van der Waals surface area contributed by atoms with E-state index in [2.05, 4.69) is 5.32 Å². The maximum Gasteiger partial charge on any atom is 0.269 e. The number of rotatable bonds is 6. The van der Waals surface area contributed by atoms with Crippen LogP contribution < -0.4 is 5.32 Å². The van der Waals surface area contributed by atoms with Gasteiger partial charge in [-0.1, -0.05) is 18.2 Å². The van der Waals surface area contributed by atoms with Crippen LogP contribution in [0.3, 0.4) is 0 Å². The lowest BCUT2D eigenvalue weighted by Gasteiger charge is -2.08. The van der Waals surface area contributed by atoms with Crippen molar-refractivity contribution in [1.82, 2.24) is 0 Å². The van der Waals surface area contributed by atoms with Gasteiger partial charge >= 0.3 is 0 Å². The number of aryl methyl sites for hydroxylation is 1. The van der Waals surface area contributed by atoms with E-state index in [-0.39, 0.29) is 23.1 Å². The lowest BCUT2D eigenvalue weighted by atomic mass is 10.2. The first-order chi connectivity index (χ1) is 11.0. The second-order valence-electron chi connectivity index (χ2n) is 4.99. The molecule has 0 aliphatic carbocycles. The number of nitrogens with one attached hydrogen (secondary N) is 1. The molecule has 0 spiro atoms. The standard InChI is InChI=1S/C16H16N2O4S/c1-11-2-7-14(15(19)8-11)17-16(20)10-23-9-12-3-5-13(6-4-12)18(21)22/h2-8,19H,9-10H2,1H3,(H,17,20). The second kappa shape index (κ2) is 7.64. The fraction of sp³-hybridized carbons (Fsp3) is 0.188. The highest BCUT2D eigenvalue weighted by molar-refractivity contribution is 7.99. The smallest absolute Gasteiger partial charge is 0.269 e. The number of thioether (sulfide) groups is 1. The van der Waals surface area contributed by atoms with E-state index >= 15 is 0 Å². The molecule has 0 radical (unpaired) electrons. The number of phenolic OH excluding ortho intramolecular Hbond substituents is 1. The molecule has 0 aliphatic rings. The van der Waals surface area contributed by atoms with Crippen LogP contribution in [0.2, 0.25) is 0 Å². The van der Waals surface area contributed by atoms with Crippen LogP contribution in [-0.4, -0.2) is 21.7 Å². The summed E-state index contributed by atoms with van der Waals surface area (Å²) in [6.07, 6.45) is 0. The minimum Gasteiger partial charge on any atom is -0.506 e. The number of nitro groups is 1. The number of carbonyl (C=O) groups is 1. The molecule has 0 saturated heterocycles. The molecule has 1 amide bonds. The highest BCUT2D eigenvalue weighted by atomic mass is 32.2. The van der Waals surface area contributed by atoms with E-state index in [0.717, 1.165) is 11.1 Å². The summed E-state index contributed by atoms with van der Waals surface area (Å²) in [4.78, 5) is 22.0. The number of hydrogen-bond acceptors (Lipinski definition) is 5. The molecule has 2 N–H and O–H groups in total. The molecule has 6 nitrogen and oxygen atoms in total. The van der Waals surface area contributed by atoms with Crippen LogP contribution in [-0.2, 0) is 10.5 Å². The third kappa shape index (κ3) is 5.00. The van der Waals surface area contributed by atoms with Gasteiger partial charge in [-0.2, -0.15) is 0 Å². The summed E-state index contributed by atoms with van der Waals surface area (Å²) in [6.45, 7) is 1.85. The van der Waals surface area contributed by atoms with Gasteiger partial charge in [-0.3, -0.25) is 14.9 Å². The zero-order chi connectivity index (χ0) is 16.8. The highest BCUT2D eigenvalue weighted by Gasteiger charge is 2.08. The van der Waals surface area contributed by atoms with Crippen molar-refractivity contribution in [3.8, 4) is 5.75 Å². The van der Waals surface area contributed by atoms with E-state index in [9.17, 15) is 20.0 Å². The van der Waals surface area contributed by atoms with E-state index < -0.39 is 4.92 Å². The Morgan fingerprint density at radius 2 is 1.96 bits per heavy atom. The summed E-state index contributed by atoms with van der Waals surface area (Å²) in [5, 5.41) is 23.0. The molecular formula is C16H16N2O4S. The van der Waals surface area contributed by atoms with Gasteiger partial charge in [0.1, 0.15) is 5.75 Å². The Bertz CT molecular complexity index is 717. The van der Waals surface area contributed by atoms with Crippen molar-refractivity contribution in [3.05, 3.63) is 63.7 Å². The summed E-state index contributed by atoms with van der Waals surface area (Å²) in [5.74, 6) is 0.630. The third-order valence-corrected chi connectivity index (χ3v) is 4.08. The molecule has 0 aliphatic heterocycles. The number of amides is 1. The molecular weight excluding hydrogens is 316 g/mol. The Hall–Kier alpha value is -2.54. The molecule has 2 aromatic carbocycles. The molecule has 23 heavy (non-hydrogen) atoms. The number of phenols is 1. The molecule has 2 aromatic rings. The van der Waals surface area contributed by atoms with E-state index in [0.29, 0.717) is 11.4 Å². The molecule has 0 fully saturated rings. The Morgan fingerprint density at radius 3 is 2.57 bits per heavy atom. The summed E-state index contributed by atoms with van der Waals surface area (Å²) in [7, 11) is 0. The largest absolute Gasteiger partial charge is 0.506 e. The number of nitrogens with zero attached hydrogens (tertiary/aromatic N) is 1. The molecule has 2 rings (SSSR count). The van der Waals surface area contributed by atoms with Crippen molar-refractivity contribution >= 4 is 29.0 Å². The summed E-state index contributed by atoms with van der Waals surface area (Å²) >= 11 is 1.39. The summed E-state index contributed by atoms with van der Waals surface area (Å²) in [6, 6.07) is 11.3. The number of aromatic hydroxyl groups is 1. The van der Waals surface area contributed by atoms with E-state index in [4.69, 9.17) is 0 Å². The Morgan fingerprint density at radius 1 is 1.26 bits per heavy atom. The molecule has 120 valence electrons. The minimum absolute atomic E-state index is 0.0405. The number of hydrogen-bond donors (Lipinski definition) is 2. The first-order valence-electron chi connectivity index (χ1n) is 6.86. The normalized spacial score (nSPS) is 10.3.